The van der Waals surface area contributed by atoms with E-state index in [0.29, 0.717) is 17.1 Å². The lowest BCUT2D eigenvalue weighted by Gasteiger charge is -2.42. The molecule has 0 radical (unpaired) electrons. The molecule has 5 nitrogen and oxygen atoms in total. The standard InChI is InChI=1S/C21H18N4O/c26-21-17-9-5-4-8-16(17)19-18(10-11-22-20(19)24-21)23-14-12-25(13-14)15-6-2-1-3-7-15/h1-11,14H,12-13H2,(H2,22,23,24,26). The van der Waals surface area contributed by atoms with Crippen LogP contribution in [-0.2, 0) is 0 Å². The van der Waals surface area contributed by atoms with E-state index in [1.54, 1.807) is 6.20 Å². The molecular weight excluding hydrogens is 324 g/mol. The molecule has 0 saturated carbocycles. The quantitative estimate of drug-likeness (QED) is 0.560. The van der Waals surface area contributed by atoms with Crippen LogP contribution in [0.5, 0.6) is 0 Å². The molecule has 5 rings (SSSR count). The van der Waals surface area contributed by atoms with E-state index in [0.717, 1.165) is 29.5 Å². The molecule has 2 aromatic carbocycles. The van der Waals surface area contributed by atoms with Crippen LogP contribution >= 0.6 is 0 Å². The van der Waals surface area contributed by atoms with Crippen molar-refractivity contribution in [3.63, 3.8) is 0 Å². The summed E-state index contributed by atoms with van der Waals surface area (Å²) < 4.78 is 0. The molecule has 26 heavy (non-hydrogen) atoms. The van der Waals surface area contributed by atoms with Gasteiger partial charge in [-0.05, 0) is 24.3 Å². The molecule has 0 amide bonds. The summed E-state index contributed by atoms with van der Waals surface area (Å²) in [6.07, 6.45) is 1.74. The number of benzene rings is 2. The lowest BCUT2D eigenvalue weighted by atomic mass is 10.0. The van der Waals surface area contributed by atoms with E-state index in [-0.39, 0.29) is 5.56 Å². The first-order valence-corrected chi connectivity index (χ1v) is 8.76. The lowest BCUT2D eigenvalue weighted by Crippen LogP contribution is -2.55. The van der Waals surface area contributed by atoms with Crippen LogP contribution in [0.4, 0.5) is 11.4 Å². The van der Waals surface area contributed by atoms with Gasteiger partial charge in [-0.2, -0.15) is 0 Å². The van der Waals surface area contributed by atoms with E-state index in [9.17, 15) is 4.79 Å². The molecular formula is C21H18N4O. The Hall–Kier alpha value is -3.34. The molecule has 1 saturated heterocycles. The molecule has 128 valence electrons. The highest BCUT2D eigenvalue weighted by atomic mass is 16.1. The Kier molecular flexibility index (Phi) is 3.38. The Labute approximate surface area is 150 Å². The van der Waals surface area contributed by atoms with Crippen LogP contribution in [0.15, 0.2) is 71.7 Å². The largest absolute Gasteiger partial charge is 0.378 e. The molecule has 3 heterocycles. The van der Waals surface area contributed by atoms with Crippen LogP contribution in [-0.4, -0.2) is 29.1 Å². The highest BCUT2D eigenvalue weighted by molar-refractivity contribution is 6.10. The number of nitrogens with one attached hydrogen (secondary N) is 2. The molecule has 1 aliphatic rings. The first kappa shape index (κ1) is 15.0. The number of para-hydroxylation sites is 1. The smallest absolute Gasteiger partial charge is 0.257 e. The maximum Gasteiger partial charge on any atom is 0.257 e. The first-order valence-electron chi connectivity index (χ1n) is 8.76. The molecule has 2 aromatic heterocycles. The monoisotopic (exact) mass is 342 g/mol. The summed E-state index contributed by atoms with van der Waals surface area (Å²) in [6, 6.07) is 20.5. The summed E-state index contributed by atoms with van der Waals surface area (Å²) in [4.78, 5) is 21.9. The van der Waals surface area contributed by atoms with Gasteiger partial charge in [0.2, 0.25) is 0 Å². The predicted molar refractivity (Wildman–Crippen MR) is 106 cm³/mol. The highest BCUT2D eigenvalue weighted by Crippen LogP contribution is 2.29. The number of aromatic nitrogens is 2. The summed E-state index contributed by atoms with van der Waals surface area (Å²) in [5.41, 5.74) is 2.79. The van der Waals surface area contributed by atoms with Crippen molar-refractivity contribution < 1.29 is 0 Å². The van der Waals surface area contributed by atoms with Crippen molar-refractivity contribution in [1.82, 2.24) is 9.97 Å². The Bertz CT molecular complexity index is 1150. The van der Waals surface area contributed by atoms with Crippen LogP contribution in [0.2, 0.25) is 0 Å². The van der Waals surface area contributed by atoms with Crippen molar-refractivity contribution in [1.29, 1.82) is 0 Å². The van der Waals surface area contributed by atoms with Gasteiger partial charge in [0.15, 0.2) is 0 Å². The minimum absolute atomic E-state index is 0.100. The van der Waals surface area contributed by atoms with Crippen molar-refractivity contribution in [3.05, 3.63) is 77.2 Å². The van der Waals surface area contributed by atoms with Crippen molar-refractivity contribution >= 4 is 33.2 Å². The minimum Gasteiger partial charge on any atom is -0.378 e. The molecule has 0 unspecified atom stereocenters. The fraction of sp³-hybridized carbons (Fsp3) is 0.143. The van der Waals surface area contributed by atoms with E-state index in [4.69, 9.17) is 0 Å². The van der Waals surface area contributed by atoms with Gasteiger partial charge in [-0.15, -0.1) is 0 Å². The first-order chi connectivity index (χ1) is 12.8. The molecule has 1 aliphatic heterocycles. The minimum atomic E-state index is -0.100. The van der Waals surface area contributed by atoms with Crippen molar-refractivity contribution in [2.75, 3.05) is 23.3 Å². The van der Waals surface area contributed by atoms with Gasteiger partial charge < -0.3 is 15.2 Å². The number of anilines is 2. The third-order valence-corrected chi connectivity index (χ3v) is 4.99. The molecule has 0 atom stereocenters. The van der Waals surface area contributed by atoms with E-state index in [1.807, 2.05) is 36.4 Å². The second-order valence-electron chi connectivity index (χ2n) is 6.66. The molecule has 5 heteroatoms. The molecule has 2 N–H and O–H groups in total. The van der Waals surface area contributed by atoms with Gasteiger partial charge in [0.1, 0.15) is 5.65 Å². The summed E-state index contributed by atoms with van der Waals surface area (Å²) in [6.45, 7) is 1.91. The van der Waals surface area contributed by atoms with Crippen molar-refractivity contribution in [3.8, 4) is 0 Å². The maximum atomic E-state index is 12.3. The van der Waals surface area contributed by atoms with Gasteiger partial charge in [0.05, 0.1) is 6.04 Å². The van der Waals surface area contributed by atoms with Crippen LogP contribution in [0.1, 0.15) is 0 Å². The van der Waals surface area contributed by atoms with E-state index >= 15 is 0 Å². The fourth-order valence-corrected chi connectivity index (χ4v) is 3.66. The Morgan fingerprint density at radius 3 is 2.50 bits per heavy atom. The fourth-order valence-electron chi connectivity index (χ4n) is 3.66. The van der Waals surface area contributed by atoms with Gasteiger partial charge in [-0.25, -0.2) is 4.98 Å². The lowest BCUT2D eigenvalue weighted by molar-refractivity contribution is 0.551. The van der Waals surface area contributed by atoms with E-state index in [2.05, 4.69) is 44.5 Å². The van der Waals surface area contributed by atoms with Gasteiger partial charge in [-0.3, -0.25) is 4.79 Å². The second kappa shape index (κ2) is 5.88. The predicted octanol–water partition coefficient (Wildman–Crippen LogP) is 3.38. The van der Waals surface area contributed by atoms with Crippen LogP contribution in [0.25, 0.3) is 21.8 Å². The maximum absolute atomic E-state index is 12.3. The topological polar surface area (TPSA) is 61.0 Å². The van der Waals surface area contributed by atoms with E-state index < -0.39 is 0 Å². The normalized spacial score (nSPS) is 14.5. The van der Waals surface area contributed by atoms with Gasteiger partial charge >= 0.3 is 0 Å². The number of pyridine rings is 2. The Balaban J connectivity index is 1.49. The van der Waals surface area contributed by atoms with Crippen LogP contribution in [0, 0.1) is 0 Å². The zero-order chi connectivity index (χ0) is 17.5. The number of H-pyrrole nitrogens is 1. The number of hydrogen-bond donors (Lipinski definition) is 2. The number of hydrogen-bond acceptors (Lipinski definition) is 4. The summed E-state index contributed by atoms with van der Waals surface area (Å²) in [5, 5.41) is 6.22. The average Bonchev–Trinajstić information content (AvgIpc) is 2.65. The Morgan fingerprint density at radius 1 is 0.962 bits per heavy atom. The summed E-state index contributed by atoms with van der Waals surface area (Å²) >= 11 is 0. The van der Waals surface area contributed by atoms with E-state index in [1.165, 1.54) is 5.69 Å². The number of fused-ring (bicyclic) bond motifs is 3. The average molecular weight is 342 g/mol. The zero-order valence-electron chi connectivity index (χ0n) is 14.1. The van der Waals surface area contributed by atoms with Crippen LogP contribution < -0.4 is 15.8 Å². The number of aromatic amines is 1. The number of nitrogens with zero attached hydrogens (tertiary/aromatic N) is 2. The summed E-state index contributed by atoms with van der Waals surface area (Å²) in [7, 11) is 0. The van der Waals surface area contributed by atoms with Crippen molar-refractivity contribution in [2.24, 2.45) is 0 Å². The van der Waals surface area contributed by atoms with Crippen LogP contribution in [0.3, 0.4) is 0 Å². The summed E-state index contributed by atoms with van der Waals surface area (Å²) in [5.74, 6) is 0. The molecule has 1 fully saturated rings. The molecule has 0 spiro atoms. The third kappa shape index (κ3) is 2.40. The van der Waals surface area contributed by atoms with Gasteiger partial charge in [0.25, 0.3) is 5.56 Å². The third-order valence-electron chi connectivity index (χ3n) is 4.99. The van der Waals surface area contributed by atoms with Gasteiger partial charge in [-0.1, -0.05) is 36.4 Å². The van der Waals surface area contributed by atoms with Crippen molar-refractivity contribution in [2.45, 2.75) is 6.04 Å². The Morgan fingerprint density at radius 2 is 1.69 bits per heavy atom. The molecule has 0 aliphatic carbocycles. The molecule has 4 aromatic rings. The SMILES string of the molecule is O=c1[nH]c2nccc(NC3CN(c4ccccc4)C3)c2c2ccccc12. The number of rotatable bonds is 3. The zero-order valence-corrected chi connectivity index (χ0v) is 14.1. The highest BCUT2D eigenvalue weighted by Gasteiger charge is 2.27. The second-order valence-corrected chi connectivity index (χ2v) is 6.66. The van der Waals surface area contributed by atoms with Gasteiger partial charge in [0, 0.05) is 46.8 Å². The molecule has 0 bridgehead atoms.